The molecular weight excluding hydrogens is 200 g/mol. The van der Waals surface area contributed by atoms with E-state index in [1.807, 2.05) is 0 Å². The van der Waals surface area contributed by atoms with Crippen LogP contribution in [0.4, 0.5) is 0 Å². The topological polar surface area (TPSA) is 38.5 Å². The van der Waals surface area contributed by atoms with Crippen molar-refractivity contribution in [3.63, 3.8) is 0 Å². The van der Waals surface area contributed by atoms with Gasteiger partial charge in [-0.25, -0.2) is 0 Å². The second-order valence-electron chi connectivity index (χ2n) is 6.81. The van der Waals surface area contributed by atoms with E-state index < -0.39 is 0 Å². The van der Waals surface area contributed by atoms with Gasteiger partial charge in [-0.3, -0.25) is 4.90 Å². The molecule has 2 aliphatic heterocycles. The lowest BCUT2D eigenvalue weighted by Gasteiger charge is -2.52. The van der Waals surface area contributed by atoms with E-state index in [1.54, 1.807) is 0 Å². The molecule has 2 rings (SSSR count). The maximum absolute atomic E-state index is 6.23. The van der Waals surface area contributed by atoms with Crippen molar-refractivity contribution in [3.05, 3.63) is 0 Å². The number of ether oxygens (including phenoxy) is 1. The summed E-state index contributed by atoms with van der Waals surface area (Å²) in [6.07, 6.45) is 2.18. The summed E-state index contributed by atoms with van der Waals surface area (Å²) >= 11 is 0. The first kappa shape index (κ1) is 12.3. The maximum Gasteiger partial charge on any atom is 0.0789 e. The lowest BCUT2D eigenvalue weighted by molar-refractivity contribution is -0.0944. The van der Waals surface area contributed by atoms with Crippen LogP contribution >= 0.6 is 0 Å². The van der Waals surface area contributed by atoms with E-state index >= 15 is 0 Å². The zero-order chi connectivity index (χ0) is 12.2. The number of rotatable bonds is 2. The van der Waals surface area contributed by atoms with Gasteiger partial charge in [0, 0.05) is 24.7 Å². The first-order valence-electron chi connectivity index (χ1n) is 6.41. The SMILES string of the molecule is CCC1(N)CN(C2CC(C)(C)OC2(C)C)C1. The van der Waals surface area contributed by atoms with Crippen molar-refractivity contribution in [3.8, 4) is 0 Å². The number of nitrogens with zero attached hydrogens (tertiary/aromatic N) is 1. The third kappa shape index (κ3) is 2.01. The molecule has 2 N–H and O–H groups in total. The van der Waals surface area contributed by atoms with Gasteiger partial charge in [-0.1, -0.05) is 6.92 Å². The number of hydrogen-bond acceptors (Lipinski definition) is 3. The molecule has 2 heterocycles. The quantitative estimate of drug-likeness (QED) is 0.779. The molecule has 0 bridgehead atoms. The summed E-state index contributed by atoms with van der Waals surface area (Å²) < 4.78 is 6.12. The van der Waals surface area contributed by atoms with Crippen molar-refractivity contribution in [1.82, 2.24) is 4.90 Å². The third-order valence-electron chi connectivity index (χ3n) is 4.21. The van der Waals surface area contributed by atoms with E-state index in [2.05, 4.69) is 39.5 Å². The van der Waals surface area contributed by atoms with Crippen molar-refractivity contribution < 1.29 is 4.74 Å². The van der Waals surface area contributed by atoms with Gasteiger partial charge in [-0.05, 0) is 40.5 Å². The van der Waals surface area contributed by atoms with Crippen LogP contribution in [0.2, 0.25) is 0 Å². The Kier molecular flexibility index (Phi) is 2.65. The van der Waals surface area contributed by atoms with Gasteiger partial charge < -0.3 is 10.5 Å². The van der Waals surface area contributed by atoms with Crippen LogP contribution in [0.5, 0.6) is 0 Å². The summed E-state index contributed by atoms with van der Waals surface area (Å²) in [5, 5.41) is 0. The highest BCUT2D eigenvalue weighted by atomic mass is 16.5. The van der Waals surface area contributed by atoms with E-state index in [0.29, 0.717) is 6.04 Å². The molecule has 0 aromatic heterocycles. The Balaban J connectivity index is 2.02. The lowest BCUT2D eigenvalue weighted by atomic mass is 9.82. The molecule has 2 fully saturated rings. The first-order chi connectivity index (χ1) is 7.18. The van der Waals surface area contributed by atoms with Gasteiger partial charge in [0.1, 0.15) is 0 Å². The van der Waals surface area contributed by atoms with Gasteiger partial charge in [0.25, 0.3) is 0 Å². The molecule has 2 aliphatic rings. The molecule has 0 saturated carbocycles. The van der Waals surface area contributed by atoms with Crippen molar-refractivity contribution in [2.24, 2.45) is 5.73 Å². The maximum atomic E-state index is 6.23. The molecule has 0 aromatic carbocycles. The molecule has 0 spiro atoms. The van der Waals surface area contributed by atoms with Gasteiger partial charge in [-0.2, -0.15) is 0 Å². The highest BCUT2D eigenvalue weighted by molar-refractivity contribution is 5.08. The van der Waals surface area contributed by atoms with Gasteiger partial charge in [0.05, 0.1) is 11.2 Å². The normalized spacial score (nSPS) is 36.0. The summed E-state index contributed by atoms with van der Waals surface area (Å²) in [7, 11) is 0. The molecule has 1 unspecified atom stereocenters. The summed E-state index contributed by atoms with van der Waals surface area (Å²) in [4.78, 5) is 2.50. The van der Waals surface area contributed by atoms with Gasteiger partial charge in [0.15, 0.2) is 0 Å². The van der Waals surface area contributed by atoms with Gasteiger partial charge >= 0.3 is 0 Å². The highest BCUT2D eigenvalue weighted by Crippen LogP contribution is 2.42. The first-order valence-corrected chi connectivity index (χ1v) is 6.41. The smallest absolute Gasteiger partial charge is 0.0789 e. The zero-order valence-corrected chi connectivity index (χ0v) is 11.3. The fourth-order valence-electron chi connectivity index (χ4n) is 3.31. The second-order valence-corrected chi connectivity index (χ2v) is 6.81. The molecule has 2 saturated heterocycles. The molecule has 0 aromatic rings. The van der Waals surface area contributed by atoms with E-state index in [1.165, 1.54) is 0 Å². The van der Waals surface area contributed by atoms with Crippen LogP contribution in [0.15, 0.2) is 0 Å². The number of likely N-dealkylation sites (tertiary alicyclic amines) is 1. The Morgan fingerprint density at radius 1 is 1.25 bits per heavy atom. The van der Waals surface area contributed by atoms with Crippen molar-refractivity contribution in [2.45, 2.75) is 70.2 Å². The monoisotopic (exact) mass is 226 g/mol. The molecule has 0 amide bonds. The summed E-state index contributed by atoms with van der Waals surface area (Å²) in [6, 6.07) is 0.519. The van der Waals surface area contributed by atoms with E-state index in [-0.39, 0.29) is 16.7 Å². The predicted molar refractivity (Wildman–Crippen MR) is 66.4 cm³/mol. The Morgan fingerprint density at radius 2 is 1.81 bits per heavy atom. The van der Waals surface area contributed by atoms with E-state index in [9.17, 15) is 0 Å². The molecule has 16 heavy (non-hydrogen) atoms. The summed E-state index contributed by atoms with van der Waals surface area (Å²) in [5.74, 6) is 0. The standard InChI is InChI=1S/C13H26N2O/c1-6-13(14)8-15(9-13)10-7-11(2,3)16-12(10,4)5/h10H,6-9,14H2,1-5H3. The summed E-state index contributed by atoms with van der Waals surface area (Å²) in [6.45, 7) is 13.0. The minimum atomic E-state index is -0.0431. The second kappa shape index (κ2) is 3.44. The Hall–Kier alpha value is -0.120. The highest BCUT2D eigenvalue weighted by Gasteiger charge is 2.53. The van der Waals surface area contributed by atoms with Crippen LogP contribution in [0, 0.1) is 0 Å². The Morgan fingerprint density at radius 3 is 2.19 bits per heavy atom. The van der Waals surface area contributed by atoms with E-state index in [0.717, 1.165) is 25.9 Å². The van der Waals surface area contributed by atoms with Crippen LogP contribution < -0.4 is 5.73 Å². The summed E-state index contributed by atoms with van der Waals surface area (Å²) in [5.41, 5.74) is 6.26. The van der Waals surface area contributed by atoms with Crippen LogP contribution in [-0.2, 0) is 4.74 Å². The number of hydrogen-bond donors (Lipinski definition) is 1. The Labute approximate surface area is 99.3 Å². The number of nitrogens with two attached hydrogens (primary N) is 1. The predicted octanol–water partition coefficient (Wildman–Crippen LogP) is 1.76. The molecule has 1 atom stereocenters. The molecular formula is C13H26N2O. The largest absolute Gasteiger partial charge is 0.368 e. The average molecular weight is 226 g/mol. The van der Waals surface area contributed by atoms with Crippen molar-refractivity contribution in [1.29, 1.82) is 0 Å². The molecule has 0 radical (unpaired) electrons. The van der Waals surface area contributed by atoms with Crippen molar-refractivity contribution >= 4 is 0 Å². The van der Waals surface area contributed by atoms with Crippen LogP contribution in [0.25, 0.3) is 0 Å². The van der Waals surface area contributed by atoms with Gasteiger partial charge in [-0.15, -0.1) is 0 Å². The van der Waals surface area contributed by atoms with Crippen molar-refractivity contribution in [2.75, 3.05) is 13.1 Å². The van der Waals surface area contributed by atoms with Crippen LogP contribution in [0.3, 0.4) is 0 Å². The van der Waals surface area contributed by atoms with Gasteiger partial charge in [0.2, 0.25) is 0 Å². The van der Waals surface area contributed by atoms with Crippen LogP contribution in [0.1, 0.15) is 47.5 Å². The average Bonchev–Trinajstić information content (AvgIpc) is 2.28. The fourth-order valence-corrected chi connectivity index (χ4v) is 3.31. The molecule has 3 nitrogen and oxygen atoms in total. The fraction of sp³-hybridized carbons (Fsp3) is 1.00. The molecule has 94 valence electrons. The molecule has 0 aliphatic carbocycles. The zero-order valence-electron chi connectivity index (χ0n) is 11.3. The van der Waals surface area contributed by atoms with Crippen LogP contribution in [-0.4, -0.2) is 40.8 Å². The minimum absolute atomic E-state index is 0.00717. The lowest BCUT2D eigenvalue weighted by Crippen LogP contribution is -2.71. The molecule has 3 heteroatoms. The minimum Gasteiger partial charge on any atom is -0.368 e. The van der Waals surface area contributed by atoms with E-state index in [4.69, 9.17) is 10.5 Å². The Bertz CT molecular complexity index is 280. The third-order valence-corrected chi connectivity index (χ3v) is 4.21.